The molecule has 0 fully saturated rings. The summed E-state index contributed by atoms with van der Waals surface area (Å²) in [6.45, 7) is 5.25. The molecule has 0 unspecified atom stereocenters. The van der Waals surface area contributed by atoms with Gasteiger partial charge in [-0.15, -0.1) is 0 Å². The van der Waals surface area contributed by atoms with Crippen LogP contribution < -0.4 is 0 Å². The van der Waals surface area contributed by atoms with Crippen molar-refractivity contribution in [3.8, 4) is 5.82 Å². The van der Waals surface area contributed by atoms with Crippen LogP contribution in [0.4, 0.5) is 0 Å². The molecule has 0 saturated heterocycles. The summed E-state index contributed by atoms with van der Waals surface area (Å²) in [5.41, 5.74) is 3.60. The van der Waals surface area contributed by atoms with Crippen LogP contribution in [0.2, 0.25) is 0 Å². The molecule has 0 radical (unpaired) electrons. The summed E-state index contributed by atoms with van der Waals surface area (Å²) < 4.78 is 2.19. The molecule has 2 aromatic heterocycles. The fourth-order valence-corrected chi connectivity index (χ4v) is 2.10. The van der Waals surface area contributed by atoms with Gasteiger partial charge in [0, 0.05) is 30.0 Å². The zero-order valence-corrected chi connectivity index (χ0v) is 11.6. The molecule has 0 spiro atoms. The van der Waals surface area contributed by atoms with Gasteiger partial charge in [-0.25, -0.2) is 4.98 Å². The van der Waals surface area contributed by atoms with Crippen molar-refractivity contribution < 1.29 is 0 Å². The molecule has 3 heteroatoms. The number of aryl methyl sites for hydroxylation is 2. The van der Waals surface area contributed by atoms with Crippen LogP contribution in [0.25, 0.3) is 5.82 Å². The summed E-state index contributed by atoms with van der Waals surface area (Å²) in [4.78, 5) is 6.93. The molecule has 0 bridgehead atoms. The predicted molar refractivity (Wildman–Crippen MR) is 75.3 cm³/mol. The Bertz CT molecular complexity index is 507. The van der Waals surface area contributed by atoms with Gasteiger partial charge in [0.05, 0.1) is 0 Å². The lowest BCUT2D eigenvalue weighted by Gasteiger charge is -2.12. The first-order valence-corrected chi connectivity index (χ1v) is 6.34. The molecule has 0 atom stereocenters. The molecule has 0 aliphatic heterocycles. The zero-order chi connectivity index (χ0) is 13.1. The Morgan fingerprint density at radius 2 is 1.72 bits per heavy atom. The zero-order valence-electron chi connectivity index (χ0n) is 11.6. The van der Waals surface area contributed by atoms with Gasteiger partial charge in [-0.2, -0.15) is 0 Å². The quantitative estimate of drug-likeness (QED) is 0.823. The standard InChI is InChI=1S/C15H21N3/c1-12-8-9-13(2)18(12)15-7-5-6-14(16-15)10-11-17(3)4/h5-9H,10-11H2,1-4H3. The molecular formula is C15H21N3. The molecule has 0 aliphatic carbocycles. The minimum Gasteiger partial charge on any atom is -0.309 e. The lowest BCUT2D eigenvalue weighted by atomic mass is 10.2. The molecule has 3 nitrogen and oxygen atoms in total. The Labute approximate surface area is 109 Å². The van der Waals surface area contributed by atoms with Crippen LogP contribution in [0.3, 0.4) is 0 Å². The van der Waals surface area contributed by atoms with Crippen molar-refractivity contribution in [3.05, 3.63) is 47.4 Å². The maximum Gasteiger partial charge on any atom is 0.137 e. The van der Waals surface area contributed by atoms with Gasteiger partial charge in [0.25, 0.3) is 0 Å². The number of hydrogen-bond acceptors (Lipinski definition) is 2. The van der Waals surface area contributed by atoms with Crippen molar-refractivity contribution in [2.45, 2.75) is 20.3 Å². The van der Waals surface area contributed by atoms with E-state index in [-0.39, 0.29) is 0 Å². The minimum atomic E-state index is 0.986. The SMILES string of the molecule is Cc1ccc(C)n1-c1cccc(CCN(C)C)n1. The van der Waals surface area contributed by atoms with Crippen LogP contribution in [-0.2, 0) is 6.42 Å². The number of nitrogens with zero attached hydrogens (tertiary/aromatic N) is 3. The van der Waals surface area contributed by atoms with E-state index < -0.39 is 0 Å². The highest BCUT2D eigenvalue weighted by Crippen LogP contribution is 2.14. The molecule has 2 aromatic rings. The van der Waals surface area contributed by atoms with E-state index in [4.69, 9.17) is 4.98 Å². The van der Waals surface area contributed by atoms with E-state index in [1.807, 2.05) is 0 Å². The summed E-state index contributed by atoms with van der Waals surface area (Å²) in [7, 11) is 4.17. The van der Waals surface area contributed by atoms with Crippen molar-refractivity contribution in [1.82, 2.24) is 14.5 Å². The summed E-state index contributed by atoms with van der Waals surface area (Å²) in [6.07, 6.45) is 0.986. The Kier molecular flexibility index (Phi) is 3.82. The van der Waals surface area contributed by atoms with Crippen LogP contribution in [0.15, 0.2) is 30.3 Å². The van der Waals surface area contributed by atoms with E-state index in [0.29, 0.717) is 0 Å². The second-order valence-electron chi connectivity index (χ2n) is 4.99. The second kappa shape index (κ2) is 5.36. The van der Waals surface area contributed by atoms with Gasteiger partial charge >= 0.3 is 0 Å². The molecule has 0 saturated carbocycles. The van der Waals surface area contributed by atoms with Crippen molar-refractivity contribution in [3.63, 3.8) is 0 Å². The van der Waals surface area contributed by atoms with E-state index in [1.54, 1.807) is 0 Å². The lowest BCUT2D eigenvalue weighted by Crippen LogP contribution is -2.16. The number of aromatic nitrogens is 2. The average Bonchev–Trinajstić information content (AvgIpc) is 2.67. The molecule has 0 aliphatic rings. The van der Waals surface area contributed by atoms with E-state index in [0.717, 1.165) is 24.5 Å². The Morgan fingerprint density at radius 1 is 1.06 bits per heavy atom. The molecule has 2 rings (SSSR count). The summed E-state index contributed by atoms with van der Waals surface area (Å²) in [5.74, 6) is 1.02. The third kappa shape index (κ3) is 2.79. The van der Waals surface area contributed by atoms with E-state index >= 15 is 0 Å². The molecular weight excluding hydrogens is 222 g/mol. The predicted octanol–water partition coefficient (Wildman–Crippen LogP) is 2.59. The topological polar surface area (TPSA) is 21.1 Å². The first-order valence-electron chi connectivity index (χ1n) is 6.34. The highest BCUT2D eigenvalue weighted by atomic mass is 15.1. The van der Waals surface area contributed by atoms with Crippen molar-refractivity contribution >= 4 is 0 Å². The molecule has 0 N–H and O–H groups in total. The van der Waals surface area contributed by atoms with Crippen molar-refractivity contribution in [1.29, 1.82) is 0 Å². The molecule has 0 amide bonds. The Hall–Kier alpha value is -1.61. The van der Waals surface area contributed by atoms with Gasteiger partial charge < -0.3 is 9.47 Å². The van der Waals surface area contributed by atoms with Gasteiger partial charge in [0.1, 0.15) is 5.82 Å². The van der Waals surface area contributed by atoms with Gasteiger partial charge in [0.15, 0.2) is 0 Å². The Morgan fingerprint density at radius 3 is 2.33 bits per heavy atom. The van der Waals surface area contributed by atoms with E-state index in [9.17, 15) is 0 Å². The second-order valence-corrected chi connectivity index (χ2v) is 4.99. The number of hydrogen-bond donors (Lipinski definition) is 0. The van der Waals surface area contributed by atoms with Crippen LogP contribution in [0, 0.1) is 13.8 Å². The normalized spacial score (nSPS) is 11.2. The smallest absolute Gasteiger partial charge is 0.137 e. The maximum absolute atomic E-state index is 4.75. The minimum absolute atomic E-state index is 0.986. The van der Waals surface area contributed by atoms with E-state index in [2.05, 4.69) is 67.7 Å². The highest BCUT2D eigenvalue weighted by molar-refractivity contribution is 5.32. The fraction of sp³-hybridized carbons (Fsp3) is 0.400. The number of pyridine rings is 1. The van der Waals surface area contributed by atoms with Gasteiger partial charge in [-0.1, -0.05) is 6.07 Å². The third-order valence-corrected chi connectivity index (χ3v) is 3.11. The monoisotopic (exact) mass is 243 g/mol. The van der Waals surface area contributed by atoms with Crippen LogP contribution in [0.1, 0.15) is 17.1 Å². The number of rotatable bonds is 4. The third-order valence-electron chi connectivity index (χ3n) is 3.11. The molecule has 2 heterocycles. The summed E-state index contributed by atoms with van der Waals surface area (Å²) in [5, 5.41) is 0. The summed E-state index contributed by atoms with van der Waals surface area (Å²) >= 11 is 0. The van der Waals surface area contributed by atoms with Crippen LogP contribution >= 0.6 is 0 Å². The number of likely N-dealkylation sites (N-methyl/N-ethyl adjacent to an activating group) is 1. The maximum atomic E-state index is 4.75. The molecule has 96 valence electrons. The van der Waals surface area contributed by atoms with E-state index in [1.165, 1.54) is 11.4 Å². The van der Waals surface area contributed by atoms with Gasteiger partial charge in [-0.3, -0.25) is 0 Å². The summed E-state index contributed by atoms with van der Waals surface area (Å²) in [6, 6.07) is 10.5. The fourth-order valence-electron chi connectivity index (χ4n) is 2.10. The van der Waals surface area contributed by atoms with Crippen molar-refractivity contribution in [2.24, 2.45) is 0 Å². The van der Waals surface area contributed by atoms with Gasteiger partial charge in [0.2, 0.25) is 0 Å². The van der Waals surface area contributed by atoms with Crippen molar-refractivity contribution in [2.75, 3.05) is 20.6 Å². The Balaban J connectivity index is 2.27. The molecule has 18 heavy (non-hydrogen) atoms. The lowest BCUT2D eigenvalue weighted by molar-refractivity contribution is 0.411. The largest absolute Gasteiger partial charge is 0.309 e. The highest BCUT2D eigenvalue weighted by Gasteiger charge is 2.05. The first-order chi connectivity index (χ1) is 8.58. The molecule has 0 aromatic carbocycles. The van der Waals surface area contributed by atoms with Crippen LogP contribution in [0.5, 0.6) is 0 Å². The average molecular weight is 243 g/mol. The van der Waals surface area contributed by atoms with Crippen LogP contribution in [-0.4, -0.2) is 35.1 Å². The van der Waals surface area contributed by atoms with Gasteiger partial charge in [-0.05, 0) is 52.2 Å². The first kappa shape index (κ1) is 12.8.